The Bertz CT molecular complexity index is 348. The quantitative estimate of drug-likeness (QED) is 0.494. The molecule has 0 amide bonds. The zero-order valence-corrected chi connectivity index (χ0v) is 14.7. The SMILES string of the molecule is CCCCCO[P@@](C)(=O)OC[C@@H]1CCCN2CCCC[C@H]12. The first kappa shape index (κ1) is 17.5. The van der Waals surface area contributed by atoms with E-state index in [2.05, 4.69) is 11.8 Å². The van der Waals surface area contributed by atoms with Crippen molar-refractivity contribution in [3.8, 4) is 0 Å². The minimum Gasteiger partial charge on any atom is -0.309 e. The van der Waals surface area contributed by atoms with Crippen LogP contribution < -0.4 is 0 Å². The molecular weight excluding hydrogens is 285 g/mol. The third-order valence-corrected chi connectivity index (χ3v) is 6.10. The van der Waals surface area contributed by atoms with Gasteiger partial charge in [0.2, 0.25) is 0 Å². The summed E-state index contributed by atoms with van der Waals surface area (Å²) in [4.78, 5) is 2.61. The van der Waals surface area contributed by atoms with E-state index in [4.69, 9.17) is 9.05 Å². The zero-order valence-electron chi connectivity index (χ0n) is 13.8. The Morgan fingerprint density at radius 3 is 2.71 bits per heavy atom. The molecule has 0 saturated carbocycles. The molecule has 2 saturated heterocycles. The van der Waals surface area contributed by atoms with Crippen LogP contribution in [0.2, 0.25) is 0 Å². The Hall–Kier alpha value is 0.110. The maximum absolute atomic E-state index is 12.3. The van der Waals surface area contributed by atoms with E-state index >= 15 is 0 Å². The maximum Gasteiger partial charge on any atom is 0.327 e. The highest BCUT2D eigenvalue weighted by Crippen LogP contribution is 2.45. The summed E-state index contributed by atoms with van der Waals surface area (Å²) in [5, 5.41) is 0. The Balaban J connectivity index is 1.74. The smallest absolute Gasteiger partial charge is 0.309 e. The van der Waals surface area contributed by atoms with Crippen molar-refractivity contribution >= 4 is 7.60 Å². The van der Waals surface area contributed by atoms with Crippen LogP contribution in [0.15, 0.2) is 0 Å². The molecule has 4 nitrogen and oxygen atoms in total. The number of hydrogen-bond donors (Lipinski definition) is 0. The third-order valence-electron chi connectivity index (χ3n) is 4.83. The van der Waals surface area contributed by atoms with E-state index < -0.39 is 7.60 Å². The molecule has 5 heteroatoms. The molecule has 2 fully saturated rings. The van der Waals surface area contributed by atoms with E-state index in [1.54, 1.807) is 6.66 Å². The molecule has 0 aromatic heterocycles. The summed E-state index contributed by atoms with van der Waals surface area (Å²) in [5.41, 5.74) is 0. The number of piperidine rings is 2. The van der Waals surface area contributed by atoms with Crippen molar-refractivity contribution in [3.63, 3.8) is 0 Å². The molecule has 3 atom stereocenters. The highest BCUT2D eigenvalue weighted by Gasteiger charge is 2.34. The standard InChI is InChI=1S/C16H32NO3P/c1-3-4-7-13-19-21(2,18)20-14-15-9-8-12-17-11-6-5-10-16(15)17/h15-16H,3-14H2,1-2H3/t15-,16+,21+/m0/s1. The molecule has 0 unspecified atom stereocenters. The van der Waals surface area contributed by atoms with Crippen molar-refractivity contribution in [1.82, 2.24) is 4.90 Å². The lowest BCUT2D eigenvalue weighted by Gasteiger charge is -2.44. The van der Waals surface area contributed by atoms with E-state index in [0.717, 1.165) is 19.3 Å². The molecule has 21 heavy (non-hydrogen) atoms. The lowest BCUT2D eigenvalue weighted by molar-refractivity contribution is 0.0329. The van der Waals surface area contributed by atoms with E-state index in [1.807, 2.05) is 0 Å². The summed E-state index contributed by atoms with van der Waals surface area (Å²) < 4.78 is 23.5. The summed E-state index contributed by atoms with van der Waals surface area (Å²) in [6, 6.07) is 0.646. The normalized spacial score (nSPS) is 29.8. The first-order chi connectivity index (χ1) is 10.1. The molecule has 2 aliphatic rings. The van der Waals surface area contributed by atoms with Gasteiger partial charge in [-0.3, -0.25) is 4.57 Å². The first-order valence-electron chi connectivity index (χ1n) is 8.73. The lowest BCUT2D eigenvalue weighted by atomic mass is 9.84. The van der Waals surface area contributed by atoms with Gasteiger partial charge in [-0.25, -0.2) is 0 Å². The van der Waals surface area contributed by atoms with Crippen molar-refractivity contribution in [2.24, 2.45) is 5.92 Å². The molecule has 124 valence electrons. The molecule has 0 radical (unpaired) electrons. The fraction of sp³-hybridized carbons (Fsp3) is 1.00. The molecule has 2 rings (SSSR count). The Labute approximate surface area is 130 Å². The monoisotopic (exact) mass is 317 g/mol. The molecule has 0 N–H and O–H groups in total. The van der Waals surface area contributed by atoms with Crippen LogP contribution in [0.5, 0.6) is 0 Å². The number of nitrogens with zero attached hydrogens (tertiary/aromatic N) is 1. The molecule has 2 heterocycles. The minimum atomic E-state index is -2.87. The van der Waals surface area contributed by atoms with Gasteiger partial charge in [0.1, 0.15) is 0 Å². The second kappa shape index (κ2) is 8.67. The Morgan fingerprint density at radius 2 is 1.90 bits per heavy atom. The fourth-order valence-corrected chi connectivity index (χ4v) is 4.62. The second-order valence-electron chi connectivity index (χ2n) is 6.61. The number of fused-ring (bicyclic) bond motifs is 1. The third kappa shape index (κ3) is 5.67. The average Bonchev–Trinajstić information content (AvgIpc) is 2.50. The predicted molar refractivity (Wildman–Crippen MR) is 86.9 cm³/mol. The van der Waals surface area contributed by atoms with Gasteiger partial charge >= 0.3 is 7.60 Å². The average molecular weight is 317 g/mol. The van der Waals surface area contributed by atoms with Crippen LogP contribution >= 0.6 is 7.60 Å². The van der Waals surface area contributed by atoms with E-state index in [0.29, 0.717) is 25.2 Å². The number of rotatable bonds is 8. The topological polar surface area (TPSA) is 38.8 Å². The van der Waals surface area contributed by atoms with Crippen LogP contribution in [0.1, 0.15) is 58.3 Å². The van der Waals surface area contributed by atoms with Crippen LogP contribution in [0.3, 0.4) is 0 Å². The summed E-state index contributed by atoms with van der Waals surface area (Å²) in [6.45, 7) is 7.41. The molecular formula is C16H32NO3P. The van der Waals surface area contributed by atoms with E-state index in [-0.39, 0.29) is 0 Å². The summed E-state index contributed by atoms with van der Waals surface area (Å²) in [7, 11) is -2.87. The molecule has 0 spiro atoms. The molecule has 0 aliphatic carbocycles. The van der Waals surface area contributed by atoms with Crippen LogP contribution in [-0.4, -0.2) is 43.9 Å². The highest BCUT2D eigenvalue weighted by molar-refractivity contribution is 7.52. The zero-order chi connectivity index (χ0) is 15.1. The minimum absolute atomic E-state index is 0.534. The van der Waals surface area contributed by atoms with Gasteiger partial charge in [0.15, 0.2) is 0 Å². The summed E-state index contributed by atoms with van der Waals surface area (Å²) in [5.74, 6) is 0.534. The molecule has 2 aliphatic heterocycles. The van der Waals surface area contributed by atoms with Crippen molar-refractivity contribution in [1.29, 1.82) is 0 Å². The summed E-state index contributed by atoms with van der Waals surface area (Å²) in [6.07, 6.45) is 9.63. The van der Waals surface area contributed by atoms with Gasteiger partial charge in [-0.2, -0.15) is 0 Å². The van der Waals surface area contributed by atoms with Gasteiger partial charge in [-0.05, 0) is 51.1 Å². The van der Waals surface area contributed by atoms with Crippen molar-refractivity contribution in [2.75, 3.05) is 33.0 Å². The highest BCUT2D eigenvalue weighted by atomic mass is 31.2. The fourth-order valence-electron chi connectivity index (χ4n) is 3.62. The van der Waals surface area contributed by atoms with Crippen molar-refractivity contribution in [2.45, 2.75) is 64.3 Å². The Morgan fingerprint density at radius 1 is 1.10 bits per heavy atom. The summed E-state index contributed by atoms with van der Waals surface area (Å²) >= 11 is 0. The number of hydrogen-bond acceptors (Lipinski definition) is 4. The maximum atomic E-state index is 12.3. The van der Waals surface area contributed by atoms with Gasteiger partial charge in [0.25, 0.3) is 0 Å². The van der Waals surface area contributed by atoms with Crippen molar-refractivity contribution < 1.29 is 13.6 Å². The van der Waals surface area contributed by atoms with Gasteiger partial charge in [0, 0.05) is 12.7 Å². The van der Waals surface area contributed by atoms with Crippen LogP contribution in [0.25, 0.3) is 0 Å². The first-order valence-corrected chi connectivity index (χ1v) is 10.7. The lowest BCUT2D eigenvalue weighted by Crippen LogP contribution is -2.49. The van der Waals surface area contributed by atoms with Gasteiger partial charge in [-0.1, -0.05) is 26.2 Å². The largest absolute Gasteiger partial charge is 0.327 e. The Kier molecular flexibility index (Phi) is 7.21. The van der Waals surface area contributed by atoms with E-state index in [9.17, 15) is 4.57 Å². The van der Waals surface area contributed by atoms with Gasteiger partial charge < -0.3 is 13.9 Å². The second-order valence-corrected chi connectivity index (χ2v) is 8.67. The van der Waals surface area contributed by atoms with Crippen LogP contribution in [-0.2, 0) is 13.6 Å². The predicted octanol–water partition coefficient (Wildman–Crippen LogP) is 4.30. The molecule has 0 aromatic rings. The van der Waals surface area contributed by atoms with Crippen LogP contribution in [0, 0.1) is 5.92 Å². The van der Waals surface area contributed by atoms with Gasteiger partial charge in [-0.15, -0.1) is 0 Å². The molecule has 0 aromatic carbocycles. The molecule has 0 bridgehead atoms. The number of unbranched alkanes of at least 4 members (excludes halogenated alkanes) is 2. The van der Waals surface area contributed by atoms with Crippen molar-refractivity contribution in [3.05, 3.63) is 0 Å². The van der Waals surface area contributed by atoms with Gasteiger partial charge in [0.05, 0.1) is 13.2 Å². The van der Waals surface area contributed by atoms with E-state index in [1.165, 1.54) is 45.2 Å². The van der Waals surface area contributed by atoms with Crippen LogP contribution in [0.4, 0.5) is 0 Å².